The second-order valence-corrected chi connectivity index (χ2v) is 12.1. The Morgan fingerprint density at radius 2 is 1.89 bits per heavy atom. The number of alkyl halides is 3. The number of thioether (sulfide) groups is 1. The molecule has 0 bridgehead atoms. The van der Waals surface area contributed by atoms with Crippen molar-refractivity contribution in [3.8, 4) is 11.4 Å². The number of hydrogen-bond acceptors (Lipinski definition) is 7. The maximum atomic E-state index is 12.9. The third kappa shape index (κ3) is 7.80. The molecule has 0 aliphatic carbocycles. The summed E-state index contributed by atoms with van der Waals surface area (Å²) in [6.45, 7) is 6.35. The van der Waals surface area contributed by atoms with Crippen LogP contribution in [-0.4, -0.2) is 51.0 Å². The molecular weight excluding hydrogens is 643 g/mol. The van der Waals surface area contributed by atoms with Gasteiger partial charge in [-0.2, -0.15) is 9.98 Å². The van der Waals surface area contributed by atoms with Gasteiger partial charge in [-0.1, -0.05) is 55.4 Å². The van der Waals surface area contributed by atoms with E-state index in [0.29, 0.717) is 34.1 Å². The van der Waals surface area contributed by atoms with E-state index in [9.17, 15) is 22.8 Å². The van der Waals surface area contributed by atoms with E-state index in [0.717, 1.165) is 22.4 Å². The molecule has 240 valence electrons. The minimum atomic E-state index is -4.78. The summed E-state index contributed by atoms with van der Waals surface area (Å²) in [6, 6.07) is 15.5. The van der Waals surface area contributed by atoms with Gasteiger partial charge in [0.25, 0.3) is 0 Å². The average Bonchev–Trinajstić information content (AvgIpc) is 3.61. The Morgan fingerprint density at radius 1 is 1.15 bits per heavy atom. The molecule has 1 aliphatic heterocycles. The van der Waals surface area contributed by atoms with Crippen molar-refractivity contribution in [1.82, 2.24) is 14.8 Å². The zero-order chi connectivity index (χ0) is 33.2. The maximum Gasteiger partial charge on any atom is 0.573 e. The van der Waals surface area contributed by atoms with Gasteiger partial charge in [-0.15, -0.1) is 18.3 Å². The van der Waals surface area contributed by atoms with E-state index < -0.39 is 12.4 Å². The number of ether oxygens (including phenoxy) is 1. The van der Waals surface area contributed by atoms with Crippen molar-refractivity contribution < 1.29 is 27.5 Å². The average molecular weight is 672 g/mol. The molecule has 0 radical (unpaired) electrons. The van der Waals surface area contributed by atoms with Gasteiger partial charge in [-0.3, -0.25) is 9.69 Å². The molecule has 5 rings (SSSR count). The fourth-order valence-electron chi connectivity index (χ4n) is 4.69. The number of aryl methyl sites for hydroxylation is 1. The number of amides is 3. The lowest BCUT2D eigenvalue weighted by atomic mass is 9.99. The summed E-state index contributed by atoms with van der Waals surface area (Å²) in [5, 5.41) is 7.80. The fraction of sp³-hybridized carbons (Fsp3) is 0.258. The number of benzene rings is 3. The van der Waals surface area contributed by atoms with Crippen LogP contribution in [0, 0.1) is 6.92 Å². The number of aromatic nitrogens is 3. The minimum absolute atomic E-state index is 0.145. The van der Waals surface area contributed by atoms with Crippen LogP contribution < -0.4 is 19.9 Å². The fourth-order valence-corrected chi connectivity index (χ4v) is 5.79. The molecule has 0 saturated carbocycles. The highest BCUT2D eigenvalue weighted by Crippen LogP contribution is 2.34. The van der Waals surface area contributed by atoms with Crippen molar-refractivity contribution in [2.45, 2.75) is 39.6 Å². The summed E-state index contributed by atoms with van der Waals surface area (Å²) in [5.41, 5.74) is 4.34. The normalized spacial score (nSPS) is 14.3. The lowest BCUT2D eigenvalue weighted by Crippen LogP contribution is -2.31. The standard InChI is InChI=1S/C31H29ClF3N7O3S/c1-18(2)24-12-5-19(3)13-26(24)42-27(43)16-46-30(42)38-29(44)37-21-7-6-20(25(32)14-21)15-40(4)28-36-17-41(39-28)22-8-10-23(11-9-22)45-31(33,34)35/h5-14,17-18H,15-16H2,1-4H3,(H,37,44). The monoisotopic (exact) mass is 671 g/mol. The van der Waals surface area contributed by atoms with E-state index in [4.69, 9.17) is 11.6 Å². The molecule has 0 unspecified atom stereocenters. The molecule has 3 aromatic carbocycles. The van der Waals surface area contributed by atoms with Gasteiger partial charge in [0.05, 0.1) is 17.1 Å². The van der Waals surface area contributed by atoms with Crippen molar-refractivity contribution >= 4 is 57.8 Å². The Kier molecular flexibility index (Phi) is 9.58. The van der Waals surface area contributed by atoms with Gasteiger partial charge in [0.2, 0.25) is 11.9 Å². The van der Waals surface area contributed by atoms with E-state index in [1.54, 1.807) is 30.1 Å². The predicted octanol–water partition coefficient (Wildman–Crippen LogP) is 7.56. The van der Waals surface area contributed by atoms with E-state index in [1.807, 2.05) is 39.0 Å². The third-order valence-corrected chi connectivity index (χ3v) is 8.15. The number of halogens is 4. The molecule has 0 spiro atoms. The number of hydrogen-bond donors (Lipinski definition) is 1. The van der Waals surface area contributed by atoms with Crippen LogP contribution in [0.1, 0.15) is 36.5 Å². The van der Waals surface area contributed by atoms with Gasteiger partial charge in [0.15, 0.2) is 5.17 Å². The van der Waals surface area contributed by atoms with Crippen molar-refractivity contribution in [2.24, 2.45) is 4.99 Å². The van der Waals surface area contributed by atoms with E-state index in [1.165, 1.54) is 51.9 Å². The number of amidine groups is 1. The van der Waals surface area contributed by atoms with Gasteiger partial charge in [0.1, 0.15) is 12.1 Å². The third-order valence-electron chi connectivity index (χ3n) is 6.88. The predicted molar refractivity (Wildman–Crippen MR) is 173 cm³/mol. The van der Waals surface area contributed by atoms with Crippen LogP contribution >= 0.6 is 23.4 Å². The van der Waals surface area contributed by atoms with Crippen molar-refractivity contribution in [2.75, 3.05) is 27.9 Å². The van der Waals surface area contributed by atoms with Crippen molar-refractivity contribution in [1.29, 1.82) is 0 Å². The zero-order valence-electron chi connectivity index (χ0n) is 25.2. The van der Waals surface area contributed by atoms with Crippen molar-refractivity contribution in [3.63, 3.8) is 0 Å². The van der Waals surface area contributed by atoms with Crippen LogP contribution in [-0.2, 0) is 11.3 Å². The van der Waals surface area contributed by atoms with Gasteiger partial charge < -0.3 is 15.0 Å². The molecule has 0 atom stereocenters. The van der Waals surface area contributed by atoms with Gasteiger partial charge in [0, 0.05) is 24.3 Å². The number of carbonyl (C=O) groups excluding carboxylic acids is 2. The summed E-state index contributed by atoms with van der Waals surface area (Å²) >= 11 is 7.76. The van der Waals surface area contributed by atoms with Gasteiger partial charge in [-0.05, 0) is 72.0 Å². The number of anilines is 3. The first-order valence-electron chi connectivity index (χ1n) is 14.0. The number of urea groups is 1. The van der Waals surface area contributed by atoms with Crippen LogP contribution in [0.3, 0.4) is 0 Å². The molecule has 1 N–H and O–H groups in total. The first-order chi connectivity index (χ1) is 21.8. The van der Waals surface area contributed by atoms with Crippen LogP contribution in [0.2, 0.25) is 5.02 Å². The Hall–Kier alpha value is -4.56. The Bertz CT molecular complexity index is 1790. The number of rotatable bonds is 8. The summed E-state index contributed by atoms with van der Waals surface area (Å²) in [7, 11) is 1.76. The molecule has 2 heterocycles. The molecule has 15 heteroatoms. The molecule has 1 aromatic heterocycles. The Labute approximate surface area is 272 Å². The SMILES string of the molecule is Cc1ccc(C(C)C)c(N2C(=O)CSC2=NC(=O)Nc2ccc(CN(C)c3ncn(-c4ccc(OC(F)(F)F)cc4)n3)c(Cl)c2)c1. The molecule has 1 fully saturated rings. The highest BCUT2D eigenvalue weighted by atomic mass is 35.5. The molecule has 1 aliphatic rings. The van der Waals surface area contributed by atoms with E-state index >= 15 is 0 Å². The molecular formula is C31H29ClF3N7O3S. The molecule has 4 aromatic rings. The minimum Gasteiger partial charge on any atom is -0.406 e. The second kappa shape index (κ2) is 13.4. The first-order valence-corrected chi connectivity index (χ1v) is 15.4. The lowest BCUT2D eigenvalue weighted by molar-refractivity contribution is -0.274. The maximum absolute atomic E-state index is 12.9. The highest BCUT2D eigenvalue weighted by Gasteiger charge is 2.33. The molecule has 1 saturated heterocycles. The highest BCUT2D eigenvalue weighted by molar-refractivity contribution is 8.15. The number of nitrogens with one attached hydrogen (secondary N) is 1. The lowest BCUT2D eigenvalue weighted by Gasteiger charge is -2.22. The molecule has 46 heavy (non-hydrogen) atoms. The van der Waals surface area contributed by atoms with Crippen LogP contribution in [0.15, 0.2) is 72.0 Å². The van der Waals surface area contributed by atoms with Crippen molar-refractivity contribution in [3.05, 3.63) is 88.7 Å². The Morgan fingerprint density at radius 3 is 2.57 bits per heavy atom. The number of carbonyl (C=O) groups is 2. The largest absolute Gasteiger partial charge is 0.573 e. The van der Waals surface area contributed by atoms with Gasteiger partial charge in [-0.25, -0.2) is 9.48 Å². The summed E-state index contributed by atoms with van der Waals surface area (Å²) < 4.78 is 42.6. The topological polar surface area (TPSA) is 105 Å². The number of nitrogens with zero attached hydrogens (tertiary/aromatic N) is 6. The van der Waals surface area contributed by atoms with Gasteiger partial charge >= 0.3 is 12.4 Å². The summed E-state index contributed by atoms with van der Waals surface area (Å²) in [5.74, 6) is 0.211. The quantitative estimate of drug-likeness (QED) is 0.206. The number of aliphatic imine (C=N–C) groups is 1. The molecule has 3 amide bonds. The van der Waals surface area contributed by atoms with Crippen LogP contribution in [0.25, 0.3) is 5.69 Å². The summed E-state index contributed by atoms with van der Waals surface area (Å²) in [4.78, 5) is 37.5. The van der Waals surface area contributed by atoms with E-state index in [2.05, 4.69) is 25.1 Å². The van der Waals surface area contributed by atoms with Crippen LogP contribution in [0.4, 0.5) is 35.3 Å². The van der Waals surface area contributed by atoms with Crippen LogP contribution in [0.5, 0.6) is 5.75 Å². The zero-order valence-corrected chi connectivity index (χ0v) is 26.7. The Balaban J connectivity index is 1.24. The van der Waals surface area contributed by atoms with E-state index in [-0.39, 0.29) is 23.3 Å². The smallest absolute Gasteiger partial charge is 0.406 e. The second-order valence-electron chi connectivity index (χ2n) is 10.8. The molecule has 10 nitrogen and oxygen atoms in total. The summed E-state index contributed by atoms with van der Waals surface area (Å²) in [6.07, 6.45) is -3.34. The first kappa shape index (κ1) is 32.8.